The lowest BCUT2D eigenvalue weighted by Crippen LogP contribution is -2.44. The van der Waals surface area contributed by atoms with Crippen LogP contribution in [0.15, 0.2) is 40.2 Å². The van der Waals surface area contributed by atoms with Gasteiger partial charge in [0, 0.05) is 12.1 Å². The fourth-order valence-corrected chi connectivity index (χ4v) is 3.18. The maximum absolute atomic E-state index is 5.98. The van der Waals surface area contributed by atoms with Gasteiger partial charge in [-0.05, 0) is 50.0 Å². The maximum Gasteiger partial charge on any atom is 0.169 e. The van der Waals surface area contributed by atoms with E-state index in [9.17, 15) is 0 Å². The molecule has 4 heteroatoms. The highest BCUT2D eigenvalue weighted by Crippen LogP contribution is 2.34. The summed E-state index contributed by atoms with van der Waals surface area (Å²) in [6.07, 6.45) is 2.26. The van der Waals surface area contributed by atoms with Crippen LogP contribution >= 0.6 is 23.4 Å². The van der Waals surface area contributed by atoms with Crippen LogP contribution in [0.4, 0.5) is 5.69 Å². The molecule has 0 fully saturated rings. The average Bonchev–Trinajstić information content (AvgIpc) is 2.24. The summed E-state index contributed by atoms with van der Waals surface area (Å²) in [6.45, 7) is 6.49. The molecule has 18 heavy (non-hydrogen) atoms. The van der Waals surface area contributed by atoms with E-state index in [4.69, 9.17) is 11.6 Å². The summed E-state index contributed by atoms with van der Waals surface area (Å²) in [4.78, 5) is 8.15. The Balaban J connectivity index is 2.37. The minimum atomic E-state index is -0.00720. The van der Waals surface area contributed by atoms with Crippen LogP contribution in [0.1, 0.15) is 20.8 Å². The number of likely N-dealkylation sites (N-methyl/N-ethyl adjacent to an activating group) is 1. The summed E-state index contributed by atoms with van der Waals surface area (Å²) >= 11 is 7.67. The van der Waals surface area contributed by atoms with Gasteiger partial charge in [0.1, 0.15) is 0 Å². The Morgan fingerprint density at radius 2 is 2.06 bits per heavy atom. The van der Waals surface area contributed by atoms with Crippen molar-refractivity contribution in [3.8, 4) is 0 Å². The van der Waals surface area contributed by atoms with Gasteiger partial charge < -0.3 is 4.90 Å². The van der Waals surface area contributed by atoms with Crippen molar-refractivity contribution >= 4 is 34.2 Å². The van der Waals surface area contributed by atoms with E-state index in [1.807, 2.05) is 24.3 Å². The number of hydrogen-bond donors (Lipinski definition) is 0. The van der Waals surface area contributed by atoms with Gasteiger partial charge in [0.05, 0.1) is 11.2 Å². The van der Waals surface area contributed by atoms with Crippen molar-refractivity contribution in [3.05, 3.63) is 40.3 Å². The van der Waals surface area contributed by atoms with Gasteiger partial charge in [0.15, 0.2) is 5.17 Å². The molecule has 0 aliphatic carbocycles. The fourth-order valence-electron chi connectivity index (χ4n) is 1.84. The van der Waals surface area contributed by atoms with E-state index >= 15 is 0 Å². The van der Waals surface area contributed by atoms with Crippen LogP contribution in [0.2, 0.25) is 5.02 Å². The van der Waals surface area contributed by atoms with Crippen LogP contribution in [0.25, 0.3) is 0 Å². The van der Waals surface area contributed by atoms with Crippen LogP contribution in [0.3, 0.4) is 0 Å². The van der Waals surface area contributed by atoms with E-state index in [0.29, 0.717) is 5.02 Å². The number of allylic oxidation sites excluding steroid dienone is 1. The monoisotopic (exact) mass is 280 g/mol. The molecule has 0 spiro atoms. The molecule has 2 nitrogen and oxygen atoms in total. The predicted octanol–water partition coefficient (Wildman–Crippen LogP) is 4.69. The van der Waals surface area contributed by atoms with Crippen LogP contribution in [0, 0.1) is 0 Å². The summed E-state index contributed by atoms with van der Waals surface area (Å²) in [5.74, 6) is 0. The van der Waals surface area contributed by atoms with E-state index in [0.717, 1.165) is 10.9 Å². The van der Waals surface area contributed by atoms with Gasteiger partial charge in [0.2, 0.25) is 0 Å². The van der Waals surface area contributed by atoms with Gasteiger partial charge in [-0.25, -0.2) is 4.99 Å². The molecule has 1 aromatic rings. The van der Waals surface area contributed by atoms with E-state index in [1.165, 1.54) is 4.91 Å². The first-order valence-corrected chi connectivity index (χ1v) is 7.03. The quantitative estimate of drug-likeness (QED) is 0.742. The molecule has 0 bridgehead atoms. The average molecular weight is 281 g/mol. The molecule has 96 valence electrons. The Hall–Kier alpha value is -0.930. The lowest BCUT2D eigenvalue weighted by Gasteiger charge is -2.39. The minimum Gasteiger partial charge on any atom is -0.345 e. The molecule has 1 aliphatic heterocycles. The van der Waals surface area contributed by atoms with E-state index in [-0.39, 0.29) is 5.54 Å². The molecule has 1 aromatic carbocycles. The number of thioether (sulfide) groups is 1. The van der Waals surface area contributed by atoms with Crippen LogP contribution in [-0.2, 0) is 0 Å². The van der Waals surface area contributed by atoms with Gasteiger partial charge in [-0.1, -0.05) is 29.4 Å². The highest BCUT2D eigenvalue weighted by atomic mass is 35.5. The summed E-state index contributed by atoms with van der Waals surface area (Å²) in [7, 11) is 2.07. The Morgan fingerprint density at radius 1 is 1.33 bits per heavy atom. The van der Waals surface area contributed by atoms with E-state index in [2.05, 4.69) is 43.8 Å². The summed E-state index contributed by atoms with van der Waals surface area (Å²) < 4.78 is 0. The number of nitrogens with zero attached hydrogens (tertiary/aromatic N) is 2. The zero-order valence-electron chi connectivity index (χ0n) is 11.1. The van der Waals surface area contributed by atoms with Gasteiger partial charge in [-0.2, -0.15) is 0 Å². The lowest BCUT2D eigenvalue weighted by atomic mass is 10.0. The smallest absolute Gasteiger partial charge is 0.169 e. The lowest BCUT2D eigenvalue weighted by molar-refractivity contribution is 0.324. The van der Waals surface area contributed by atoms with Crippen molar-refractivity contribution in [1.29, 1.82) is 0 Å². The van der Waals surface area contributed by atoms with Crippen LogP contribution < -0.4 is 0 Å². The van der Waals surface area contributed by atoms with Crippen molar-refractivity contribution in [2.75, 3.05) is 7.05 Å². The third kappa shape index (κ3) is 2.90. The summed E-state index contributed by atoms with van der Waals surface area (Å²) in [6, 6.07) is 7.62. The molecule has 0 saturated heterocycles. The molecule has 0 amide bonds. The predicted molar refractivity (Wildman–Crippen MR) is 81.7 cm³/mol. The molecule has 0 atom stereocenters. The van der Waals surface area contributed by atoms with Crippen LogP contribution in [-0.4, -0.2) is 22.7 Å². The number of benzene rings is 1. The maximum atomic E-state index is 5.98. The third-order valence-corrected chi connectivity index (χ3v) is 4.22. The largest absolute Gasteiger partial charge is 0.345 e. The summed E-state index contributed by atoms with van der Waals surface area (Å²) in [5, 5.41) is 1.72. The SMILES string of the molecule is CC1=CC(C)(C)N(C)C(=Nc2cccc(Cl)c2)S1. The molecule has 2 rings (SSSR count). The topological polar surface area (TPSA) is 15.6 Å². The normalized spacial score (nSPS) is 21.1. The number of rotatable bonds is 1. The van der Waals surface area contributed by atoms with E-state index < -0.39 is 0 Å². The van der Waals surface area contributed by atoms with Gasteiger partial charge in [-0.3, -0.25) is 0 Å². The van der Waals surface area contributed by atoms with Crippen molar-refractivity contribution in [3.63, 3.8) is 0 Å². The first-order chi connectivity index (χ1) is 8.38. The molecule has 0 aromatic heterocycles. The molecule has 0 unspecified atom stereocenters. The molecular formula is C14H17ClN2S. The van der Waals surface area contributed by atoms with Gasteiger partial charge >= 0.3 is 0 Å². The number of halogens is 1. The van der Waals surface area contributed by atoms with Crippen molar-refractivity contribution in [1.82, 2.24) is 4.90 Å². The Labute approximate surface area is 118 Å². The Bertz CT molecular complexity index is 520. The van der Waals surface area contributed by atoms with E-state index in [1.54, 1.807) is 11.8 Å². The second-order valence-corrected chi connectivity index (χ2v) is 6.59. The molecule has 0 N–H and O–H groups in total. The highest BCUT2D eigenvalue weighted by molar-refractivity contribution is 8.17. The Morgan fingerprint density at radius 3 is 2.72 bits per heavy atom. The van der Waals surface area contributed by atoms with Crippen molar-refractivity contribution in [2.24, 2.45) is 4.99 Å². The minimum absolute atomic E-state index is 0.00720. The first kappa shape index (κ1) is 13.5. The number of hydrogen-bond acceptors (Lipinski definition) is 2. The standard InChI is InChI=1S/C14H17ClN2S/c1-10-9-14(2,3)17(4)13(18-10)16-12-7-5-6-11(15)8-12/h5-9H,1-4H3. The molecule has 0 saturated carbocycles. The second-order valence-electron chi connectivity index (χ2n) is 4.94. The van der Waals surface area contributed by atoms with Crippen LogP contribution in [0.5, 0.6) is 0 Å². The van der Waals surface area contributed by atoms with Gasteiger partial charge in [-0.15, -0.1) is 0 Å². The fraction of sp³-hybridized carbons (Fsp3) is 0.357. The number of amidine groups is 1. The van der Waals surface area contributed by atoms with Crippen molar-refractivity contribution < 1.29 is 0 Å². The third-order valence-electron chi connectivity index (χ3n) is 2.99. The molecule has 1 aliphatic rings. The molecular weight excluding hydrogens is 264 g/mol. The molecule has 1 heterocycles. The molecule has 0 radical (unpaired) electrons. The first-order valence-electron chi connectivity index (χ1n) is 5.84. The summed E-state index contributed by atoms with van der Waals surface area (Å²) in [5.41, 5.74) is 0.884. The highest BCUT2D eigenvalue weighted by Gasteiger charge is 2.29. The van der Waals surface area contributed by atoms with Crippen molar-refractivity contribution in [2.45, 2.75) is 26.3 Å². The second kappa shape index (κ2) is 4.98. The number of aliphatic imine (C=N–C) groups is 1. The van der Waals surface area contributed by atoms with Gasteiger partial charge in [0.25, 0.3) is 0 Å². The Kier molecular flexibility index (Phi) is 3.74. The zero-order valence-corrected chi connectivity index (χ0v) is 12.6. The zero-order chi connectivity index (χ0) is 13.3.